The lowest BCUT2D eigenvalue weighted by Gasteiger charge is -2.28. The summed E-state index contributed by atoms with van der Waals surface area (Å²) in [6, 6.07) is 3.47. The summed E-state index contributed by atoms with van der Waals surface area (Å²) in [4.78, 5) is 69.1. The third-order valence-electron chi connectivity index (χ3n) is 15.2. The molecule has 2 heterocycles. The fraction of sp³-hybridized carbons (Fsp3) is 0.378. The first kappa shape index (κ1) is 47.1. The van der Waals surface area contributed by atoms with Crippen LogP contribution in [-0.2, 0) is 85.0 Å². The number of halogens is 8. The van der Waals surface area contributed by atoms with E-state index in [1.54, 1.807) is 43.0 Å². The number of fused-ring (bicyclic) bond motifs is 2. The molecule has 508 valence electrons. The van der Waals surface area contributed by atoms with Gasteiger partial charge < -0.3 is 28.7 Å². The Bertz CT molecular complexity index is 5270. The average Bonchev–Trinajstić information content (AvgIpc) is 1.52. The standard InChI is InChI=1S/C38H42F4N4O2S.C36H38F4N4O2S/c1-5-44(6-2)17-18-45(22-27-7-11-29(12-8-27)30-13-16-33(26(4)21-30)38(40,41)42)35(47)23-46-34-20-25(3)19-32(34)36(48)43-37(46)49-24-28-9-14-31(39)15-10-28;1-3-42(4-2)20-21-43(22-25-8-12-27(13-9-25)28-14-16-29(17-15-28)36(38,39)40)33(45)23-44-32-7-5-6-31(32)34(46)41-35(44)47-24-26-10-18-30(37)19-11-26/h7-16,21,25H,5-6,17-20,22-24H2,1-4H3;8-19H,3-7,20-24H2,1-2H3/i7D,8D,9D,10D,11D,12D,13D,14D,15D,16D,19D2,20D2,21D,22D2,23D2,25D;22D2,23D. The zero-order chi connectivity index (χ0) is 89.2. The van der Waals surface area contributed by atoms with Crippen LogP contribution in [0.3, 0.4) is 0 Å². The van der Waals surface area contributed by atoms with Crippen LogP contribution in [0.5, 0.6) is 0 Å². The van der Waals surface area contributed by atoms with Gasteiger partial charge in [0.2, 0.25) is 11.8 Å². The highest BCUT2D eigenvalue weighted by Crippen LogP contribution is 2.36. The van der Waals surface area contributed by atoms with E-state index in [9.17, 15) is 59.1 Å². The van der Waals surface area contributed by atoms with Crippen molar-refractivity contribution < 1.29 is 76.2 Å². The minimum Gasteiger partial charge on any atom is -0.336 e. The number of likely N-dealkylation sites (N-methyl/N-ethyl adjacent to an activating group) is 2. The fourth-order valence-electron chi connectivity index (χ4n) is 9.98. The summed E-state index contributed by atoms with van der Waals surface area (Å²) in [6.45, 7) is -2.11. The van der Waals surface area contributed by atoms with Crippen LogP contribution in [0.2, 0.25) is 0 Å². The highest BCUT2D eigenvalue weighted by atomic mass is 32.2. The molecule has 2 aliphatic rings. The molecule has 8 aromatic rings. The third-order valence-corrected chi connectivity index (χ3v) is 17.2. The predicted octanol–water partition coefficient (Wildman–Crippen LogP) is 15.0. The molecule has 22 heteroatoms. The molecule has 0 aliphatic heterocycles. The van der Waals surface area contributed by atoms with Gasteiger partial charge in [-0.2, -0.15) is 36.3 Å². The van der Waals surface area contributed by atoms with Gasteiger partial charge in [0, 0.05) is 80.0 Å². The fourth-order valence-corrected chi connectivity index (χ4v) is 11.8. The van der Waals surface area contributed by atoms with E-state index in [0.29, 0.717) is 67.0 Å². The van der Waals surface area contributed by atoms with Gasteiger partial charge in [-0.05, 0) is 163 Å². The largest absolute Gasteiger partial charge is 0.416 e. The van der Waals surface area contributed by atoms with E-state index in [0.717, 1.165) is 48.2 Å². The summed E-state index contributed by atoms with van der Waals surface area (Å²) >= 11 is 1.33. The van der Waals surface area contributed by atoms with Crippen molar-refractivity contribution in [1.29, 1.82) is 0 Å². The Morgan fingerprint density at radius 2 is 1.10 bits per heavy atom. The molecule has 0 N–H and O–H groups in total. The van der Waals surface area contributed by atoms with Gasteiger partial charge in [0.1, 0.15) is 24.7 Å². The first-order valence-electron chi connectivity index (χ1n) is 41.8. The van der Waals surface area contributed by atoms with Crippen LogP contribution in [0, 0.1) is 24.5 Å². The summed E-state index contributed by atoms with van der Waals surface area (Å²) in [5.74, 6) is -8.31. The maximum absolute atomic E-state index is 15.2. The molecule has 2 aliphatic carbocycles. The van der Waals surface area contributed by atoms with Gasteiger partial charge in [-0.1, -0.05) is 155 Å². The normalized spacial score (nSPS) is 19.6. The number of carbonyl (C=O) groups excluding carboxylic acids is 2. The second-order valence-corrected chi connectivity index (χ2v) is 23.5. The van der Waals surface area contributed by atoms with Gasteiger partial charge in [0.25, 0.3) is 11.1 Å². The molecule has 2 unspecified atom stereocenters. The Balaban J connectivity index is 0.000000285. The number of aromatic nitrogens is 4. The number of alkyl halides is 6. The molecule has 0 saturated heterocycles. The van der Waals surface area contributed by atoms with E-state index in [-0.39, 0.29) is 58.1 Å². The van der Waals surface area contributed by atoms with Gasteiger partial charge in [0.05, 0.1) is 35.8 Å². The first-order valence-corrected chi connectivity index (χ1v) is 32.2. The molecule has 12 nitrogen and oxygen atoms in total. The lowest BCUT2D eigenvalue weighted by atomic mass is 9.98. The summed E-state index contributed by atoms with van der Waals surface area (Å²) < 4.78 is 313. The molecular weight excluding hydrogens is 1280 g/mol. The van der Waals surface area contributed by atoms with E-state index >= 15 is 4.79 Å². The van der Waals surface area contributed by atoms with Crippen molar-refractivity contribution in [2.24, 2.45) is 5.89 Å². The number of nitrogens with zero attached hydrogens (tertiary/aromatic N) is 8. The molecule has 2 aromatic heterocycles. The molecule has 0 bridgehead atoms. The quantitative estimate of drug-likeness (QED) is 0.0295. The van der Waals surface area contributed by atoms with E-state index in [2.05, 4.69) is 9.97 Å². The van der Waals surface area contributed by atoms with Crippen molar-refractivity contribution in [3.63, 3.8) is 0 Å². The number of hydrogen-bond acceptors (Lipinski definition) is 10. The molecule has 6 aromatic carbocycles. The highest BCUT2D eigenvalue weighted by molar-refractivity contribution is 7.98. The zero-order valence-corrected chi connectivity index (χ0v) is 54.4. The number of benzene rings is 6. The van der Waals surface area contributed by atoms with Crippen LogP contribution in [0.15, 0.2) is 159 Å². The van der Waals surface area contributed by atoms with Crippen molar-refractivity contribution in [2.45, 2.75) is 134 Å². The second-order valence-electron chi connectivity index (χ2n) is 21.6. The smallest absolute Gasteiger partial charge is 0.336 e. The molecule has 10 rings (SSSR count). The lowest BCUT2D eigenvalue weighted by molar-refractivity contribution is -0.138. The SMILES string of the molecule is [2H]C(C(=O)N(CCN(CC)CC)C([2H])([2H])c1ccc(-c2ccc(C(F)(F)F)cc2)cc1)n1c(SCc2ccc(F)cc2)nc(=O)c2c1CCC2.[2H]c1c([2H])c(CSc2nc(=O)c3c(n2C([2H])([2H])C(=O)N(CCN(CC)CC)C([2H])([2H])c2c([2H])c([2H])c(-c4c([2H])c([2H])c(C(F)(F)F)c(C)c4[2H])c([2H])c2[2H])C([2H])([2H])C([2H])(C)C3([2H])[2H])c([2H])c([2H])c1F. The van der Waals surface area contributed by atoms with E-state index in [1.807, 2.05) is 18.7 Å². The van der Waals surface area contributed by atoms with Gasteiger partial charge in [-0.15, -0.1) is 0 Å². The number of thioether (sulfide) groups is 2. The minimum absolute atomic E-state index is 0.0442. The second kappa shape index (κ2) is 32.9. The summed E-state index contributed by atoms with van der Waals surface area (Å²) in [5, 5.41) is -0.870. The van der Waals surface area contributed by atoms with E-state index < -0.39 is 226 Å². The summed E-state index contributed by atoms with van der Waals surface area (Å²) in [5.41, 5.74) is -8.72. The Kier molecular flexibility index (Phi) is 16.1. The molecule has 96 heavy (non-hydrogen) atoms. The maximum atomic E-state index is 15.2. The van der Waals surface area contributed by atoms with Gasteiger partial charge in [-0.25, -0.2) is 8.78 Å². The van der Waals surface area contributed by atoms with Crippen molar-refractivity contribution in [3.8, 4) is 22.3 Å². The van der Waals surface area contributed by atoms with Gasteiger partial charge in [0.15, 0.2) is 10.3 Å². The molecule has 0 fully saturated rings. The third kappa shape index (κ3) is 19.0. The topological polar surface area (TPSA) is 117 Å². The average molecular weight is 1380 g/mol. The van der Waals surface area contributed by atoms with Crippen LogP contribution in [0.4, 0.5) is 35.1 Å². The maximum Gasteiger partial charge on any atom is 0.416 e. The summed E-state index contributed by atoms with van der Waals surface area (Å²) in [6.07, 6.45) is -14.9. The first-order chi connectivity index (χ1) is 55.1. The van der Waals surface area contributed by atoms with Crippen molar-refractivity contribution in [2.75, 3.05) is 52.4 Å². The molecule has 2 atom stereocenters. The van der Waals surface area contributed by atoms with Crippen LogP contribution in [0.1, 0.15) is 134 Å². The molecule has 2 amide bonds. The van der Waals surface area contributed by atoms with Crippen LogP contribution < -0.4 is 11.1 Å². The minimum atomic E-state index is -5.23. The van der Waals surface area contributed by atoms with Gasteiger partial charge >= 0.3 is 12.4 Å². The van der Waals surface area contributed by atoms with E-state index in [1.165, 1.54) is 41.0 Å². The molecule has 0 spiro atoms. The monoisotopic (exact) mass is 1380 g/mol. The van der Waals surface area contributed by atoms with Gasteiger partial charge in [-0.3, -0.25) is 19.2 Å². The number of carbonyl (C=O) groups is 2. The zero-order valence-electron chi connectivity index (χ0n) is 75.7. The molecular formula is C74H80F8N8O4S2. The predicted molar refractivity (Wildman–Crippen MR) is 362 cm³/mol. The summed E-state index contributed by atoms with van der Waals surface area (Å²) in [7, 11) is 0. The van der Waals surface area contributed by atoms with E-state index in [4.69, 9.17) is 21.9 Å². The van der Waals surface area contributed by atoms with Crippen molar-refractivity contribution >= 4 is 35.3 Å². The van der Waals surface area contributed by atoms with Crippen molar-refractivity contribution in [1.82, 2.24) is 38.7 Å². The molecule has 0 saturated carbocycles. The highest BCUT2D eigenvalue weighted by Gasteiger charge is 2.34. The van der Waals surface area contributed by atoms with Crippen LogP contribution in [0.25, 0.3) is 22.3 Å². The lowest BCUT2D eigenvalue weighted by Crippen LogP contribution is -2.40. The van der Waals surface area contributed by atoms with Crippen LogP contribution >= 0.6 is 23.5 Å². The number of rotatable bonds is 26. The molecule has 0 radical (unpaired) electrons. The van der Waals surface area contributed by atoms with Crippen molar-refractivity contribution in [3.05, 3.63) is 233 Å². The Hall–Kier alpha value is -7.92. The Morgan fingerprint density at radius 3 is 1.69 bits per heavy atom. The Morgan fingerprint density at radius 1 is 0.583 bits per heavy atom. The number of amides is 2. The van der Waals surface area contributed by atoms with Crippen LogP contribution in [-0.4, -0.2) is 103 Å². The number of hydrogen-bond donors (Lipinski definition) is 0. The Labute approximate surface area is 596 Å².